The van der Waals surface area contributed by atoms with Crippen molar-refractivity contribution in [3.05, 3.63) is 29.6 Å². The van der Waals surface area contributed by atoms with E-state index in [0.717, 1.165) is 32.1 Å². The van der Waals surface area contributed by atoms with Crippen molar-refractivity contribution in [1.29, 1.82) is 0 Å². The van der Waals surface area contributed by atoms with Crippen molar-refractivity contribution in [2.24, 2.45) is 0 Å². The Morgan fingerprint density at radius 3 is 2.60 bits per heavy atom. The highest BCUT2D eigenvalue weighted by molar-refractivity contribution is 6.12. The summed E-state index contributed by atoms with van der Waals surface area (Å²) in [5.41, 5.74) is 0.452. The van der Waals surface area contributed by atoms with Crippen molar-refractivity contribution >= 4 is 23.4 Å². The first kappa shape index (κ1) is 20.8. The molecule has 2 saturated heterocycles. The SMILES string of the molecule is O=C(CN1C(=O)[C@@H]2CCCN2C(=O)c2cc(F)ccc21)NCCN1CCCCCC1. The molecular formula is C22H29FN4O3. The van der Waals surface area contributed by atoms with Gasteiger partial charge in [0.05, 0.1) is 11.3 Å². The smallest absolute Gasteiger partial charge is 0.256 e. The van der Waals surface area contributed by atoms with Crippen LogP contribution in [-0.4, -0.2) is 72.8 Å². The maximum Gasteiger partial charge on any atom is 0.256 e. The van der Waals surface area contributed by atoms with Gasteiger partial charge in [-0.2, -0.15) is 0 Å². The molecule has 8 heteroatoms. The average Bonchev–Trinajstić information content (AvgIpc) is 3.05. The third-order valence-corrected chi connectivity index (χ3v) is 6.30. The van der Waals surface area contributed by atoms with Gasteiger partial charge in [0.1, 0.15) is 18.4 Å². The maximum absolute atomic E-state index is 13.8. The van der Waals surface area contributed by atoms with E-state index in [-0.39, 0.29) is 29.8 Å². The third kappa shape index (κ3) is 4.33. The molecule has 0 aromatic heterocycles. The Balaban J connectivity index is 1.45. The van der Waals surface area contributed by atoms with E-state index in [0.29, 0.717) is 25.2 Å². The molecule has 1 aromatic carbocycles. The van der Waals surface area contributed by atoms with Gasteiger partial charge in [0.2, 0.25) is 11.8 Å². The number of benzene rings is 1. The van der Waals surface area contributed by atoms with Crippen molar-refractivity contribution < 1.29 is 18.8 Å². The van der Waals surface area contributed by atoms with Crippen LogP contribution in [0.25, 0.3) is 0 Å². The first-order valence-electron chi connectivity index (χ1n) is 11.0. The molecule has 3 aliphatic heterocycles. The van der Waals surface area contributed by atoms with Gasteiger partial charge in [0.25, 0.3) is 5.91 Å². The Labute approximate surface area is 176 Å². The van der Waals surface area contributed by atoms with Crippen molar-refractivity contribution in [1.82, 2.24) is 15.1 Å². The zero-order chi connectivity index (χ0) is 21.1. The van der Waals surface area contributed by atoms with Gasteiger partial charge in [-0.15, -0.1) is 0 Å². The number of hydrogen-bond donors (Lipinski definition) is 1. The van der Waals surface area contributed by atoms with Crippen LogP contribution in [0.2, 0.25) is 0 Å². The first-order valence-corrected chi connectivity index (χ1v) is 11.0. The highest BCUT2D eigenvalue weighted by Crippen LogP contribution is 2.32. The van der Waals surface area contributed by atoms with Crippen LogP contribution in [0.4, 0.5) is 10.1 Å². The lowest BCUT2D eigenvalue weighted by Gasteiger charge is -2.26. The minimum Gasteiger partial charge on any atom is -0.353 e. The van der Waals surface area contributed by atoms with E-state index in [1.54, 1.807) is 0 Å². The lowest BCUT2D eigenvalue weighted by Crippen LogP contribution is -2.48. The molecule has 1 N–H and O–H groups in total. The highest BCUT2D eigenvalue weighted by Gasteiger charge is 2.42. The second-order valence-corrected chi connectivity index (χ2v) is 8.35. The molecule has 3 aliphatic rings. The second-order valence-electron chi connectivity index (χ2n) is 8.35. The molecule has 1 aromatic rings. The largest absolute Gasteiger partial charge is 0.353 e. The van der Waals surface area contributed by atoms with Gasteiger partial charge >= 0.3 is 0 Å². The van der Waals surface area contributed by atoms with Gasteiger partial charge < -0.3 is 20.0 Å². The highest BCUT2D eigenvalue weighted by atomic mass is 19.1. The molecule has 30 heavy (non-hydrogen) atoms. The maximum atomic E-state index is 13.8. The van der Waals surface area contributed by atoms with E-state index in [1.807, 2.05) is 0 Å². The molecule has 0 bridgehead atoms. The molecule has 0 radical (unpaired) electrons. The fourth-order valence-corrected chi connectivity index (χ4v) is 4.71. The van der Waals surface area contributed by atoms with Gasteiger partial charge in [-0.3, -0.25) is 14.4 Å². The van der Waals surface area contributed by atoms with Crippen LogP contribution in [0, 0.1) is 5.82 Å². The number of anilines is 1. The zero-order valence-corrected chi connectivity index (χ0v) is 17.2. The Morgan fingerprint density at radius 2 is 1.83 bits per heavy atom. The van der Waals surface area contributed by atoms with Crippen LogP contribution in [-0.2, 0) is 9.59 Å². The topological polar surface area (TPSA) is 73.0 Å². The normalized spacial score (nSPS) is 22.4. The Hall–Kier alpha value is -2.48. The van der Waals surface area contributed by atoms with Crippen LogP contribution in [0.1, 0.15) is 48.9 Å². The molecule has 3 heterocycles. The summed E-state index contributed by atoms with van der Waals surface area (Å²) in [5, 5.41) is 2.90. The molecule has 0 aliphatic carbocycles. The summed E-state index contributed by atoms with van der Waals surface area (Å²) in [6, 6.07) is 3.22. The summed E-state index contributed by atoms with van der Waals surface area (Å²) in [4.78, 5) is 43.9. The molecule has 7 nitrogen and oxygen atoms in total. The molecular weight excluding hydrogens is 387 g/mol. The van der Waals surface area contributed by atoms with Gasteiger partial charge in [-0.05, 0) is 57.0 Å². The summed E-state index contributed by atoms with van der Waals surface area (Å²) >= 11 is 0. The summed E-state index contributed by atoms with van der Waals surface area (Å²) < 4.78 is 13.8. The van der Waals surface area contributed by atoms with Gasteiger partial charge in [0.15, 0.2) is 0 Å². The fraction of sp³-hybridized carbons (Fsp3) is 0.591. The van der Waals surface area contributed by atoms with E-state index in [4.69, 9.17) is 0 Å². The summed E-state index contributed by atoms with van der Waals surface area (Å²) in [5.74, 6) is -1.42. The minimum atomic E-state index is -0.585. The average molecular weight is 416 g/mol. The van der Waals surface area contributed by atoms with Gasteiger partial charge in [0, 0.05) is 19.6 Å². The number of halogens is 1. The van der Waals surface area contributed by atoms with Crippen LogP contribution in [0.3, 0.4) is 0 Å². The van der Waals surface area contributed by atoms with Crippen LogP contribution in [0.15, 0.2) is 18.2 Å². The predicted octanol–water partition coefficient (Wildman–Crippen LogP) is 1.77. The van der Waals surface area contributed by atoms with E-state index in [1.165, 1.54) is 47.6 Å². The molecule has 0 unspecified atom stereocenters. The van der Waals surface area contributed by atoms with Crippen molar-refractivity contribution in [3.63, 3.8) is 0 Å². The van der Waals surface area contributed by atoms with Gasteiger partial charge in [-0.25, -0.2) is 4.39 Å². The Kier molecular flexibility index (Phi) is 6.32. The fourth-order valence-electron chi connectivity index (χ4n) is 4.71. The monoisotopic (exact) mass is 416 g/mol. The Morgan fingerprint density at radius 1 is 1.07 bits per heavy atom. The lowest BCUT2D eigenvalue weighted by atomic mass is 10.1. The summed E-state index contributed by atoms with van der Waals surface area (Å²) in [6.07, 6.45) is 6.19. The molecule has 4 rings (SSSR count). The van der Waals surface area contributed by atoms with Crippen LogP contribution in [0.5, 0.6) is 0 Å². The number of amides is 3. The third-order valence-electron chi connectivity index (χ3n) is 6.30. The minimum absolute atomic E-state index is 0.144. The van der Waals surface area contributed by atoms with E-state index in [9.17, 15) is 18.8 Å². The number of nitrogens with zero attached hydrogens (tertiary/aromatic N) is 3. The molecule has 3 amide bonds. The number of rotatable bonds is 5. The van der Waals surface area contributed by atoms with Crippen molar-refractivity contribution in [3.8, 4) is 0 Å². The summed E-state index contributed by atoms with van der Waals surface area (Å²) in [7, 11) is 0. The van der Waals surface area contributed by atoms with E-state index < -0.39 is 11.9 Å². The molecule has 1 atom stereocenters. The number of hydrogen-bond acceptors (Lipinski definition) is 4. The number of carbonyl (C=O) groups excluding carboxylic acids is 3. The number of fused-ring (bicyclic) bond motifs is 2. The second kappa shape index (κ2) is 9.12. The predicted molar refractivity (Wildman–Crippen MR) is 111 cm³/mol. The Bertz CT molecular complexity index is 823. The number of nitrogens with one attached hydrogen (secondary N) is 1. The number of carbonyl (C=O) groups is 3. The standard InChI is InChI=1S/C22H29FN4O3/c23-16-7-8-18-17(14-16)21(29)26-12-5-6-19(26)22(30)27(18)15-20(28)24-9-13-25-10-3-1-2-4-11-25/h7-8,14,19H,1-6,9-13,15H2,(H,24,28)/t19-/m0/s1. The van der Waals surface area contributed by atoms with Crippen LogP contribution < -0.4 is 10.2 Å². The zero-order valence-electron chi connectivity index (χ0n) is 17.2. The van der Waals surface area contributed by atoms with E-state index in [2.05, 4.69) is 10.2 Å². The van der Waals surface area contributed by atoms with Crippen molar-refractivity contribution in [2.45, 2.75) is 44.6 Å². The van der Waals surface area contributed by atoms with Gasteiger partial charge in [-0.1, -0.05) is 12.8 Å². The molecule has 0 spiro atoms. The number of likely N-dealkylation sites (tertiary alicyclic amines) is 1. The summed E-state index contributed by atoms with van der Waals surface area (Å²) in [6.45, 7) is 3.72. The van der Waals surface area contributed by atoms with Crippen molar-refractivity contribution in [2.75, 3.05) is 44.2 Å². The molecule has 2 fully saturated rings. The molecule has 0 saturated carbocycles. The molecule has 162 valence electrons. The van der Waals surface area contributed by atoms with Crippen LogP contribution >= 0.6 is 0 Å². The van der Waals surface area contributed by atoms with E-state index >= 15 is 0 Å². The first-order chi connectivity index (χ1) is 14.5. The lowest BCUT2D eigenvalue weighted by molar-refractivity contribution is -0.125. The quantitative estimate of drug-likeness (QED) is 0.794.